The van der Waals surface area contributed by atoms with E-state index in [1.54, 1.807) is 24.4 Å². The summed E-state index contributed by atoms with van der Waals surface area (Å²) in [6.07, 6.45) is 4.15. The summed E-state index contributed by atoms with van der Waals surface area (Å²) in [5, 5.41) is 1.37. The van der Waals surface area contributed by atoms with E-state index in [0.29, 0.717) is 10.9 Å². The first-order valence-electron chi connectivity index (χ1n) is 5.23. The van der Waals surface area contributed by atoms with Gasteiger partial charge in [-0.05, 0) is 13.3 Å². The average molecular weight is 237 g/mol. The number of nitrogens with two attached hydrogens (primary N) is 1. The van der Waals surface area contributed by atoms with Crippen LogP contribution < -0.4 is 5.73 Å². The lowest BCUT2D eigenvalue weighted by atomic mass is 10.2. The van der Waals surface area contributed by atoms with Crippen LogP contribution in [0.15, 0.2) is 17.7 Å². The molecule has 2 unspecified atom stereocenters. The summed E-state index contributed by atoms with van der Waals surface area (Å²) in [5.74, 6) is 0. The van der Waals surface area contributed by atoms with Gasteiger partial charge in [-0.25, -0.2) is 15.0 Å². The molecule has 2 atom stereocenters. The monoisotopic (exact) mass is 237 g/mol. The molecule has 0 aliphatic heterocycles. The van der Waals surface area contributed by atoms with Crippen molar-refractivity contribution in [1.29, 1.82) is 0 Å². The maximum atomic E-state index is 5.77. The third-order valence-corrected chi connectivity index (χ3v) is 3.33. The van der Waals surface area contributed by atoms with Crippen molar-refractivity contribution in [3.05, 3.63) is 12.7 Å². The molecule has 86 valence electrons. The Morgan fingerprint density at radius 3 is 2.94 bits per heavy atom. The Labute approximate surface area is 98.3 Å². The molecule has 16 heavy (non-hydrogen) atoms. The topological polar surface area (TPSA) is 80.5 Å². The highest BCUT2D eigenvalue weighted by Gasteiger charge is 2.12. The molecule has 3 N–H and O–H groups in total. The Morgan fingerprint density at radius 2 is 2.19 bits per heavy atom. The van der Waals surface area contributed by atoms with Crippen molar-refractivity contribution >= 4 is 22.9 Å². The smallest absolute Gasteiger partial charge is 0.181 e. The molecule has 0 fully saturated rings. The molecule has 0 saturated carbocycles. The predicted octanol–water partition coefficient (Wildman–Crippen LogP) is 1.57. The minimum atomic E-state index is 0.210. The average Bonchev–Trinajstić information content (AvgIpc) is 2.65. The van der Waals surface area contributed by atoms with Gasteiger partial charge < -0.3 is 10.7 Å². The summed E-state index contributed by atoms with van der Waals surface area (Å²) in [7, 11) is 0. The van der Waals surface area contributed by atoms with Crippen LogP contribution in [-0.2, 0) is 0 Å². The molecule has 0 aliphatic rings. The fraction of sp³-hybridized carbons (Fsp3) is 0.500. The molecule has 5 nitrogen and oxygen atoms in total. The number of rotatable bonds is 4. The number of imidazole rings is 1. The second-order valence-corrected chi connectivity index (χ2v) is 5.35. The van der Waals surface area contributed by atoms with E-state index in [1.807, 2.05) is 6.92 Å². The molecule has 0 radical (unpaired) electrons. The highest BCUT2D eigenvalue weighted by molar-refractivity contribution is 8.00. The largest absolute Gasteiger partial charge is 0.341 e. The fourth-order valence-electron chi connectivity index (χ4n) is 1.59. The highest BCUT2D eigenvalue weighted by atomic mass is 32.2. The van der Waals surface area contributed by atoms with E-state index < -0.39 is 0 Å². The third kappa shape index (κ3) is 2.51. The Morgan fingerprint density at radius 1 is 1.38 bits per heavy atom. The first-order valence-corrected chi connectivity index (χ1v) is 6.11. The molecular weight excluding hydrogens is 222 g/mol. The first kappa shape index (κ1) is 11.3. The summed E-state index contributed by atoms with van der Waals surface area (Å²) in [5.41, 5.74) is 7.39. The van der Waals surface area contributed by atoms with Gasteiger partial charge in [-0.15, -0.1) is 11.8 Å². The summed E-state index contributed by atoms with van der Waals surface area (Å²) < 4.78 is 0. The molecule has 2 aromatic heterocycles. The Balaban J connectivity index is 2.17. The molecule has 0 spiro atoms. The van der Waals surface area contributed by atoms with Crippen LogP contribution in [0.1, 0.15) is 20.3 Å². The van der Waals surface area contributed by atoms with Crippen LogP contribution >= 0.6 is 11.8 Å². The predicted molar refractivity (Wildman–Crippen MR) is 65.3 cm³/mol. The van der Waals surface area contributed by atoms with Crippen molar-refractivity contribution in [3.8, 4) is 0 Å². The molecule has 0 amide bonds. The van der Waals surface area contributed by atoms with Gasteiger partial charge in [-0.2, -0.15) is 0 Å². The SMILES string of the molecule is CC(N)CC(C)Sc1ncnc2nc[nH]c12. The second-order valence-electron chi connectivity index (χ2n) is 3.92. The molecule has 6 heteroatoms. The van der Waals surface area contributed by atoms with Gasteiger partial charge in [0.05, 0.1) is 6.33 Å². The lowest BCUT2D eigenvalue weighted by Gasteiger charge is -2.12. The molecule has 2 heterocycles. The summed E-state index contributed by atoms with van der Waals surface area (Å²) in [6.45, 7) is 4.17. The van der Waals surface area contributed by atoms with Gasteiger partial charge in [0.1, 0.15) is 16.9 Å². The van der Waals surface area contributed by atoms with Crippen molar-refractivity contribution in [3.63, 3.8) is 0 Å². The molecular formula is C10H15N5S. The zero-order chi connectivity index (χ0) is 11.5. The number of nitrogens with zero attached hydrogens (tertiary/aromatic N) is 3. The van der Waals surface area contributed by atoms with Crippen molar-refractivity contribution in [2.75, 3.05) is 0 Å². The lowest BCUT2D eigenvalue weighted by Crippen LogP contribution is -2.19. The van der Waals surface area contributed by atoms with Crippen LogP contribution in [0.2, 0.25) is 0 Å². The quantitative estimate of drug-likeness (QED) is 0.623. The van der Waals surface area contributed by atoms with E-state index in [0.717, 1.165) is 17.0 Å². The Kier molecular flexibility index (Phi) is 3.40. The molecule has 0 bridgehead atoms. The van der Waals surface area contributed by atoms with Gasteiger partial charge in [0.25, 0.3) is 0 Å². The number of hydrogen-bond donors (Lipinski definition) is 2. The fourth-order valence-corrected chi connectivity index (χ4v) is 2.75. The van der Waals surface area contributed by atoms with Crippen molar-refractivity contribution in [1.82, 2.24) is 19.9 Å². The summed E-state index contributed by atoms with van der Waals surface area (Å²) in [6, 6.07) is 0.210. The van der Waals surface area contributed by atoms with Crippen LogP contribution in [-0.4, -0.2) is 31.2 Å². The van der Waals surface area contributed by atoms with Crippen molar-refractivity contribution in [2.45, 2.75) is 36.6 Å². The van der Waals surface area contributed by atoms with Crippen molar-refractivity contribution in [2.24, 2.45) is 5.73 Å². The molecule has 2 rings (SSSR count). The van der Waals surface area contributed by atoms with E-state index in [9.17, 15) is 0 Å². The van der Waals surface area contributed by atoms with Gasteiger partial charge >= 0.3 is 0 Å². The highest BCUT2D eigenvalue weighted by Crippen LogP contribution is 2.27. The van der Waals surface area contributed by atoms with Crippen LogP contribution in [0.4, 0.5) is 0 Å². The lowest BCUT2D eigenvalue weighted by molar-refractivity contribution is 0.662. The number of nitrogens with one attached hydrogen (secondary N) is 1. The Bertz CT molecular complexity index is 467. The normalized spacial score (nSPS) is 15.2. The van der Waals surface area contributed by atoms with Crippen LogP contribution in [0.25, 0.3) is 11.2 Å². The zero-order valence-corrected chi connectivity index (χ0v) is 10.2. The summed E-state index contributed by atoms with van der Waals surface area (Å²) in [4.78, 5) is 15.5. The maximum Gasteiger partial charge on any atom is 0.181 e. The van der Waals surface area contributed by atoms with Gasteiger partial charge in [-0.1, -0.05) is 6.92 Å². The third-order valence-electron chi connectivity index (χ3n) is 2.20. The van der Waals surface area contributed by atoms with Crippen LogP contribution in [0.3, 0.4) is 0 Å². The number of aromatic amines is 1. The van der Waals surface area contributed by atoms with E-state index in [1.165, 1.54) is 0 Å². The van der Waals surface area contributed by atoms with E-state index in [4.69, 9.17) is 5.73 Å². The Hall–Kier alpha value is -1.14. The number of aromatic nitrogens is 4. The van der Waals surface area contributed by atoms with Crippen LogP contribution in [0.5, 0.6) is 0 Å². The standard InChI is InChI=1S/C10H15N5S/c1-6(11)3-7(2)16-10-8-9(13-4-12-8)14-5-15-10/h4-7H,3,11H2,1-2H3,(H,12,13,14,15). The maximum absolute atomic E-state index is 5.77. The summed E-state index contributed by atoms with van der Waals surface area (Å²) >= 11 is 1.70. The van der Waals surface area contributed by atoms with Crippen LogP contribution in [0, 0.1) is 0 Å². The first-order chi connectivity index (χ1) is 7.66. The van der Waals surface area contributed by atoms with Gasteiger partial charge in [-0.3, -0.25) is 0 Å². The molecule has 2 aromatic rings. The molecule has 0 aromatic carbocycles. The van der Waals surface area contributed by atoms with E-state index in [-0.39, 0.29) is 6.04 Å². The minimum absolute atomic E-state index is 0.210. The van der Waals surface area contributed by atoms with Gasteiger partial charge in [0, 0.05) is 11.3 Å². The van der Waals surface area contributed by atoms with Gasteiger partial charge in [0.15, 0.2) is 5.65 Å². The second kappa shape index (κ2) is 4.80. The van der Waals surface area contributed by atoms with E-state index >= 15 is 0 Å². The molecule has 0 aliphatic carbocycles. The number of H-pyrrole nitrogens is 1. The van der Waals surface area contributed by atoms with E-state index in [2.05, 4.69) is 26.9 Å². The zero-order valence-electron chi connectivity index (χ0n) is 9.34. The number of thioether (sulfide) groups is 1. The number of fused-ring (bicyclic) bond motifs is 1. The minimum Gasteiger partial charge on any atom is -0.341 e. The molecule has 0 saturated heterocycles. The van der Waals surface area contributed by atoms with Crippen molar-refractivity contribution < 1.29 is 0 Å². The van der Waals surface area contributed by atoms with Gasteiger partial charge in [0.2, 0.25) is 0 Å². The number of hydrogen-bond acceptors (Lipinski definition) is 5.